The highest BCUT2D eigenvalue weighted by atomic mass is 32.1. The summed E-state index contributed by atoms with van der Waals surface area (Å²) >= 11 is 1.84. The lowest BCUT2D eigenvalue weighted by molar-refractivity contribution is 0.563. The number of aromatic nitrogens is 2. The molecule has 0 fully saturated rings. The van der Waals surface area contributed by atoms with Crippen LogP contribution in [0.5, 0.6) is 0 Å². The largest absolute Gasteiger partial charge is 0.228 e. The Balaban J connectivity index is 1.11. The van der Waals surface area contributed by atoms with Gasteiger partial charge in [-0.15, -0.1) is 11.3 Å². The molecule has 0 saturated carbocycles. The zero-order chi connectivity index (χ0) is 43.3. The van der Waals surface area contributed by atoms with Gasteiger partial charge in [-0.3, -0.25) is 0 Å². The summed E-state index contributed by atoms with van der Waals surface area (Å²) in [4.78, 5) is 11.4. The number of thiophene rings is 1. The maximum Gasteiger partial charge on any atom is 0.161 e. The number of rotatable bonds is 5. The molecule has 0 atom stereocenters. The highest BCUT2D eigenvalue weighted by Gasteiger charge is 2.53. The normalized spacial score (nSPS) is 13.9. The molecular formula is C62H42N2S. The van der Waals surface area contributed by atoms with Crippen LogP contribution in [-0.2, 0) is 10.8 Å². The van der Waals surface area contributed by atoms with Gasteiger partial charge in [0, 0.05) is 42.3 Å². The first-order valence-electron chi connectivity index (χ1n) is 22.5. The van der Waals surface area contributed by atoms with Gasteiger partial charge >= 0.3 is 0 Å². The molecule has 2 aromatic heterocycles. The summed E-state index contributed by atoms with van der Waals surface area (Å²) in [7, 11) is 0. The maximum absolute atomic E-state index is 5.70. The number of fused-ring (bicyclic) bond motifs is 12. The minimum atomic E-state index is -0.526. The Labute approximate surface area is 383 Å². The Morgan fingerprint density at radius 1 is 0.354 bits per heavy atom. The predicted molar refractivity (Wildman–Crippen MR) is 272 cm³/mol. The van der Waals surface area contributed by atoms with Gasteiger partial charge in [-0.25, -0.2) is 9.97 Å². The number of nitrogens with zero attached hydrogens (tertiary/aromatic N) is 2. The van der Waals surface area contributed by atoms with Crippen LogP contribution in [0.15, 0.2) is 218 Å². The standard InChI is InChI=1S/C62H42N2S/c1-61(2)50-29-12-14-31-52(50)62(53-32-15-13-30-51(53)61)49-28-11-9-24-45(49)58-47(27-18-33-54(58)62)60-63-55(38-56(64-60)46-26-17-25-44-43-23-10-16-34-57(43)65-59(44)46)42-36-35-41(39-19-5-3-6-20-39)37-48(42)40-21-7-4-8-22-40/h3-38H,1-2H3. The minimum absolute atomic E-state index is 0.180. The molecule has 3 heteroatoms. The monoisotopic (exact) mass is 846 g/mol. The van der Waals surface area contributed by atoms with Crippen molar-refractivity contribution in [3.05, 3.63) is 252 Å². The highest BCUT2D eigenvalue weighted by Crippen LogP contribution is 2.63. The third-order valence-electron chi connectivity index (χ3n) is 14.2. The van der Waals surface area contributed by atoms with Gasteiger partial charge < -0.3 is 0 Å². The van der Waals surface area contributed by atoms with E-state index in [4.69, 9.17) is 9.97 Å². The van der Waals surface area contributed by atoms with Gasteiger partial charge in [0.25, 0.3) is 0 Å². The summed E-state index contributed by atoms with van der Waals surface area (Å²) in [6, 6.07) is 80.0. The fraction of sp³-hybridized carbons (Fsp3) is 0.0645. The van der Waals surface area contributed by atoms with Crippen LogP contribution in [0.2, 0.25) is 0 Å². The van der Waals surface area contributed by atoms with Gasteiger partial charge in [-0.1, -0.05) is 214 Å². The second kappa shape index (κ2) is 14.4. The summed E-state index contributed by atoms with van der Waals surface area (Å²) in [5.74, 6) is 0.711. The first kappa shape index (κ1) is 37.8. The molecule has 0 unspecified atom stereocenters. The van der Waals surface area contributed by atoms with E-state index in [-0.39, 0.29) is 5.41 Å². The lowest BCUT2D eigenvalue weighted by Crippen LogP contribution is -2.40. The van der Waals surface area contributed by atoms with E-state index < -0.39 is 5.41 Å². The molecule has 2 heterocycles. The average Bonchev–Trinajstić information content (AvgIpc) is 3.90. The van der Waals surface area contributed by atoms with Crippen molar-refractivity contribution in [2.24, 2.45) is 0 Å². The molecule has 65 heavy (non-hydrogen) atoms. The van der Waals surface area contributed by atoms with Gasteiger partial charge in [0.05, 0.1) is 16.8 Å². The summed E-state index contributed by atoms with van der Waals surface area (Å²) in [5.41, 5.74) is 19.3. The van der Waals surface area contributed by atoms with Crippen LogP contribution in [0.25, 0.3) is 87.5 Å². The van der Waals surface area contributed by atoms with Gasteiger partial charge in [0.15, 0.2) is 5.82 Å². The van der Waals surface area contributed by atoms with Crippen LogP contribution in [0, 0.1) is 0 Å². The summed E-state index contributed by atoms with van der Waals surface area (Å²) in [6.45, 7) is 4.76. The van der Waals surface area contributed by atoms with Gasteiger partial charge in [0.1, 0.15) is 0 Å². The second-order valence-corrected chi connectivity index (χ2v) is 19.0. The zero-order valence-electron chi connectivity index (χ0n) is 36.1. The SMILES string of the molecule is CC1(C)c2ccccc2C2(c3ccccc3-c3c(-c4nc(-c5ccc(-c6ccccc6)cc5-c5ccccc5)cc(-c5cccc6c5sc5ccccc56)n4)cccc32)c2ccccc21. The Bertz CT molecular complexity index is 3640. The summed E-state index contributed by atoms with van der Waals surface area (Å²) in [5, 5.41) is 2.52. The number of hydrogen-bond acceptors (Lipinski definition) is 3. The van der Waals surface area contributed by atoms with Crippen LogP contribution in [0.3, 0.4) is 0 Å². The molecule has 13 rings (SSSR count). The number of hydrogen-bond donors (Lipinski definition) is 0. The Kier molecular flexibility index (Phi) is 8.38. The van der Waals surface area contributed by atoms with Crippen LogP contribution >= 0.6 is 11.3 Å². The van der Waals surface area contributed by atoms with E-state index in [1.54, 1.807) is 0 Å². The van der Waals surface area contributed by atoms with Crippen molar-refractivity contribution in [1.29, 1.82) is 0 Å². The fourth-order valence-electron chi connectivity index (χ4n) is 11.3. The van der Waals surface area contributed by atoms with E-state index in [9.17, 15) is 0 Å². The Morgan fingerprint density at radius 2 is 0.892 bits per heavy atom. The first-order valence-corrected chi connectivity index (χ1v) is 23.3. The summed E-state index contributed by atoms with van der Waals surface area (Å²) < 4.78 is 2.50. The van der Waals surface area contributed by atoms with E-state index in [1.165, 1.54) is 70.2 Å². The van der Waals surface area contributed by atoms with Crippen molar-refractivity contribution < 1.29 is 0 Å². The molecule has 2 aliphatic rings. The maximum atomic E-state index is 5.70. The van der Waals surface area contributed by atoms with Crippen molar-refractivity contribution in [3.63, 3.8) is 0 Å². The molecule has 11 aromatic rings. The predicted octanol–water partition coefficient (Wildman–Crippen LogP) is 16.2. The molecule has 306 valence electrons. The van der Waals surface area contributed by atoms with Crippen LogP contribution in [-0.4, -0.2) is 9.97 Å². The fourth-order valence-corrected chi connectivity index (χ4v) is 12.5. The molecule has 0 bridgehead atoms. The average molecular weight is 847 g/mol. The molecular weight excluding hydrogens is 805 g/mol. The summed E-state index contributed by atoms with van der Waals surface area (Å²) in [6.07, 6.45) is 0. The zero-order valence-corrected chi connectivity index (χ0v) is 36.9. The molecule has 2 nitrogen and oxygen atoms in total. The Hall–Kier alpha value is -7.72. The van der Waals surface area contributed by atoms with E-state index in [1.807, 2.05) is 11.3 Å². The van der Waals surface area contributed by atoms with Gasteiger partial charge in [-0.05, 0) is 85.0 Å². The highest BCUT2D eigenvalue weighted by molar-refractivity contribution is 7.26. The van der Waals surface area contributed by atoms with Gasteiger partial charge in [-0.2, -0.15) is 0 Å². The number of benzene rings is 9. The lowest BCUT2D eigenvalue weighted by Gasteiger charge is -2.46. The minimum Gasteiger partial charge on any atom is -0.228 e. The van der Waals surface area contributed by atoms with E-state index in [0.29, 0.717) is 5.82 Å². The smallest absolute Gasteiger partial charge is 0.161 e. The topological polar surface area (TPSA) is 25.8 Å². The van der Waals surface area contributed by atoms with Crippen LogP contribution < -0.4 is 0 Å². The third-order valence-corrected chi connectivity index (χ3v) is 15.4. The van der Waals surface area contributed by atoms with Crippen molar-refractivity contribution >= 4 is 31.5 Å². The van der Waals surface area contributed by atoms with Crippen molar-refractivity contribution in [2.45, 2.75) is 24.7 Å². The van der Waals surface area contributed by atoms with Crippen molar-refractivity contribution in [3.8, 4) is 67.3 Å². The lowest BCUT2D eigenvalue weighted by atomic mass is 9.55. The van der Waals surface area contributed by atoms with Crippen LogP contribution in [0.1, 0.15) is 47.2 Å². The molecule has 0 amide bonds. The van der Waals surface area contributed by atoms with Crippen molar-refractivity contribution in [2.75, 3.05) is 0 Å². The van der Waals surface area contributed by atoms with Crippen molar-refractivity contribution in [1.82, 2.24) is 9.97 Å². The molecule has 0 radical (unpaired) electrons. The van der Waals surface area contributed by atoms with E-state index in [2.05, 4.69) is 232 Å². The molecule has 0 aliphatic heterocycles. The van der Waals surface area contributed by atoms with Crippen LogP contribution in [0.4, 0.5) is 0 Å². The third kappa shape index (κ3) is 5.52. The molecule has 0 saturated heterocycles. The van der Waals surface area contributed by atoms with E-state index in [0.717, 1.165) is 44.8 Å². The molecule has 0 N–H and O–H groups in total. The molecule has 1 spiro atoms. The molecule has 2 aliphatic carbocycles. The molecule has 9 aromatic carbocycles. The second-order valence-electron chi connectivity index (χ2n) is 18.0. The Morgan fingerprint density at radius 3 is 1.63 bits per heavy atom. The quantitative estimate of drug-likeness (QED) is 0.172. The first-order chi connectivity index (χ1) is 32.0. The van der Waals surface area contributed by atoms with E-state index >= 15 is 0 Å². The van der Waals surface area contributed by atoms with Gasteiger partial charge in [0.2, 0.25) is 0 Å².